The molecule has 0 unspecified atom stereocenters. The van der Waals surface area contributed by atoms with Crippen LogP contribution < -0.4 is 37.9 Å². The van der Waals surface area contributed by atoms with Crippen LogP contribution in [0, 0.1) is 12.7 Å². The number of cyclic esters (lactones) is 1. The van der Waals surface area contributed by atoms with Gasteiger partial charge in [-0.15, -0.1) is 0 Å². The minimum atomic E-state index is -2.19. The molecule has 0 bridgehead atoms. The number of imide groups is 1. The number of aliphatic carboxylic acids is 1. The topological polar surface area (TPSA) is 365 Å². The van der Waals surface area contributed by atoms with Gasteiger partial charge >= 0.3 is 11.9 Å². The number of halogens is 1. The normalized spacial score (nSPS) is 17.4. The van der Waals surface area contributed by atoms with E-state index in [1.807, 2.05) is 0 Å². The van der Waals surface area contributed by atoms with Gasteiger partial charge in [-0.25, -0.2) is 19.0 Å². The van der Waals surface area contributed by atoms with Crippen molar-refractivity contribution in [3.8, 4) is 11.4 Å². The van der Waals surface area contributed by atoms with Gasteiger partial charge in [-0.2, -0.15) is 0 Å². The van der Waals surface area contributed by atoms with E-state index in [4.69, 9.17) is 15.5 Å². The lowest BCUT2D eigenvalue weighted by Crippen LogP contribution is -2.53. The molecule has 4 atom stereocenters. The summed E-state index contributed by atoms with van der Waals surface area (Å²) in [5.74, 6) is -10.2. The fourth-order valence-corrected chi connectivity index (χ4v) is 10.3. The highest BCUT2D eigenvalue weighted by molar-refractivity contribution is 6.13. The third-order valence-corrected chi connectivity index (χ3v) is 14.4. The van der Waals surface area contributed by atoms with Gasteiger partial charge in [-0.05, 0) is 60.9 Å². The highest BCUT2D eigenvalue weighted by Crippen LogP contribution is 2.48. The number of carboxylic acid groups (broad SMARTS) is 1. The number of aromatic nitrogens is 2. The average Bonchev–Trinajstić information content (AvgIpc) is 4.14. The molecule has 0 fully saturated rings. The summed E-state index contributed by atoms with van der Waals surface area (Å²) in [6.07, 6.45) is 0.739. The van der Waals surface area contributed by atoms with Crippen LogP contribution in [0.15, 0.2) is 59.4 Å². The van der Waals surface area contributed by atoms with Crippen molar-refractivity contribution in [3.63, 3.8) is 0 Å². The maximum Gasteiger partial charge on any atom is 0.343 e. The summed E-state index contributed by atoms with van der Waals surface area (Å²) in [5.41, 5.74) is 5.12. The number of ether oxygens (including phenoxy) is 1. The number of fused-ring (bicyclic) bond motifs is 5. The predicted octanol–water partition coefficient (Wildman–Crippen LogP) is -1.43. The highest BCUT2D eigenvalue weighted by Gasteiger charge is 2.47. The summed E-state index contributed by atoms with van der Waals surface area (Å²) < 4.78 is 22.3. The lowest BCUT2D eigenvalue weighted by atomic mass is 9.80. The van der Waals surface area contributed by atoms with Crippen molar-refractivity contribution < 1.29 is 72.1 Å². The van der Waals surface area contributed by atoms with E-state index in [0.29, 0.717) is 27.6 Å². The first kappa shape index (κ1) is 56.0. The number of esters is 1. The first-order valence-electron chi connectivity index (χ1n) is 25.2. The molecule has 0 radical (unpaired) electrons. The summed E-state index contributed by atoms with van der Waals surface area (Å²) in [6, 6.07) is 6.81. The molecule has 2 aromatic heterocycles. The molecule has 2 aromatic carbocycles. The number of pyridine rings is 2. The molecule has 8 rings (SSSR count). The van der Waals surface area contributed by atoms with Crippen LogP contribution in [0.3, 0.4) is 0 Å². The molecule has 26 heteroatoms. The Morgan fingerprint density at radius 1 is 0.873 bits per heavy atom. The van der Waals surface area contributed by atoms with E-state index < -0.39 is 146 Å². The summed E-state index contributed by atoms with van der Waals surface area (Å²) in [7, 11) is 0. The number of amides is 9. The van der Waals surface area contributed by atoms with Crippen molar-refractivity contribution >= 4 is 76.0 Å². The number of aryl methyl sites for hydroxylation is 1. The van der Waals surface area contributed by atoms with Gasteiger partial charge in [0.05, 0.1) is 61.2 Å². The van der Waals surface area contributed by atoms with E-state index in [-0.39, 0.29) is 78.8 Å². The number of aliphatic hydroxyl groups is 1. The first-order chi connectivity index (χ1) is 37.6. The number of nitrogens with one attached hydrogen (secondary N) is 5. The molecule has 0 spiro atoms. The van der Waals surface area contributed by atoms with Crippen molar-refractivity contribution in [2.24, 2.45) is 5.73 Å². The van der Waals surface area contributed by atoms with Gasteiger partial charge in [0.15, 0.2) is 5.60 Å². The lowest BCUT2D eigenvalue weighted by molar-refractivity contribution is -0.172. The Morgan fingerprint density at radius 2 is 1.53 bits per heavy atom. The van der Waals surface area contributed by atoms with Crippen LogP contribution in [0.4, 0.5) is 4.39 Å². The van der Waals surface area contributed by atoms with E-state index in [2.05, 4.69) is 26.6 Å². The SMILES string of the molecule is CC[C@@]1(O)C(=O)OCc2c1cc1n(c2=O)Cc2c-1nc1cc(F)c(C)c3c1c2[C@@H](N(C(=O)CNC(=O)CNC(=O)[C@H](Cc1ccccc1)NC(=O)CNC(=O)CNC(=O)CCN1C(=O)C=CC1=O)[C@@H](CCC(N)=O)C(=O)O)CC3. The highest BCUT2D eigenvalue weighted by atomic mass is 19.1. The number of rotatable bonds is 22. The summed E-state index contributed by atoms with van der Waals surface area (Å²) >= 11 is 0. The number of nitrogens with two attached hydrogens (primary N) is 1. The minimum absolute atomic E-state index is 0.00322. The van der Waals surface area contributed by atoms with Crippen molar-refractivity contribution in [2.75, 3.05) is 32.7 Å². The second-order valence-electron chi connectivity index (χ2n) is 19.3. The van der Waals surface area contributed by atoms with Crippen molar-refractivity contribution in [2.45, 2.75) is 95.7 Å². The second kappa shape index (κ2) is 23.2. The van der Waals surface area contributed by atoms with E-state index in [0.717, 1.165) is 22.0 Å². The fourth-order valence-electron chi connectivity index (χ4n) is 10.3. The Hall–Kier alpha value is -9.20. The molecule has 5 heterocycles. The molecule has 79 heavy (non-hydrogen) atoms. The Kier molecular flexibility index (Phi) is 16.4. The standard InChI is InChI=1S/C53H55FN10O15/c1-3-53(78)31-18-37-48-29(24-63(37)50(74)30(31)25-79-52(53)77)47-35(10-9-28-26(2)32(54)19-33(61-48)46(28)47)64(36(51(75)76)11-12-38(55)65)45(72)23-58-41(68)21-59-49(73)34(17-27-7-5-4-6-8-27)60-42(69)22-57-40(67)20-56-39(66)15-16-62-43(70)13-14-44(62)71/h4-8,13-14,18-19,34-36,78H,3,9-12,15-17,20-25H2,1-2H3,(H2,55,65)(H,56,66)(H,57,67)(H,58,68)(H,59,73)(H,60,69)(H,75,76)/t34-,35-,36-,53-/m0/s1. The van der Waals surface area contributed by atoms with Crippen LogP contribution in [-0.4, -0.2) is 139 Å². The lowest BCUT2D eigenvalue weighted by Gasteiger charge is -2.40. The number of benzene rings is 2. The molecule has 414 valence electrons. The number of nitrogens with zero attached hydrogens (tertiary/aromatic N) is 4. The van der Waals surface area contributed by atoms with Crippen molar-refractivity contribution in [3.05, 3.63) is 110 Å². The third kappa shape index (κ3) is 11.6. The molecule has 4 aliphatic rings. The summed E-state index contributed by atoms with van der Waals surface area (Å²) in [4.78, 5) is 162. The molecule has 4 aromatic rings. The van der Waals surface area contributed by atoms with E-state index in [1.54, 1.807) is 37.3 Å². The predicted molar refractivity (Wildman–Crippen MR) is 272 cm³/mol. The molecule has 3 aliphatic heterocycles. The van der Waals surface area contributed by atoms with E-state index in [1.165, 1.54) is 23.6 Å². The molecule has 9 N–H and O–H groups in total. The fraction of sp³-hybridized carbons (Fsp3) is 0.377. The van der Waals surface area contributed by atoms with Crippen LogP contribution >= 0.6 is 0 Å². The van der Waals surface area contributed by atoms with Gasteiger partial charge in [0.25, 0.3) is 17.4 Å². The van der Waals surface area contributed by atoms with Gasteiger partial charge in [0.2, 0.25) is 41.4 Å². The number of primary amides is 1. The maximum absolute atomic E-state index is 15.7. The largest absolute Gasteiger partial charge is 0.480 e. The van der Waals surface area contributed by atoms with Crippen LogP contribution in [0.2, 0.25) is 0 Å². The summed E-state index contributed by atoms with van der Waals surface area (Å²) in [5, 5.41) is 34.6. The molecule has 1 aliphatic carbocycles. The minimum Gasteiger partial charge on any atom is -0.480 e. The third-order valence-electron chi connectivity index (χ3n) is 14.4. The number of hydrogen-bond acceptors (Lipinski definition) is 15. The smallest absolute Gasteiger partial charge is 0.343 e. The van der Waals surface area contributed by atoms with Crippen LogP contribution in [0.1, 0.15) is 84.0 Å². The molecular weight excluding hydrogens is 1040 g/mol. The van der Waals surface area contributed by atoms with Gasteiger partial charge < -0.3 is 56.7 Å². The number of hydrogen-bond donors (Lipinski definition) is 8. The van der Waals surface area contributed by atoms with E-state index >= 15 is 4.39 Å². The Balaban J connectivity index is 0.990. The Morgan fingerprint density at radius 3 is 2.20 bits per heavy atom. The van der Waals surface area contributed by atoms with Gasteiger partial charge in [-0.3, -0.25) is 52.8 Å². The second-order valence-corrected chi connectivity index (χ2v) is 19.3. The average molecular weight is 1090 g/mol. The van der Waals surface area contributed by atoms with Gasteiger partial charge in [0, 0.05) is 60.5 Å². The number of carbonyl (C=O) groups is 11. The first-order valence-corrected chi connectivity index (χ1v) is 25.2. The van der Waals surface area contributed by atoms with Crippen LogP contribution in [0.5, 0.6) is 0 Å². The zero-order chi connectivity index (χ0) is 57.0. The van der Waals surface area contributed by atoms with E-state index in [9.17, 15) is 67.7 Å². The summed E-state index contributed by atoms with van der Waals surface area (Å²) in [6.45, 7) is -0.556. The van der Waals surface area contributed by atoms with Crippen LogP contribution in [-0.2, 0) is 89.1 Å². The number of carboxylic acids is 1. The molecule has 0 saturated heterocycles. The quantitative estimate of drug-likeness (QED) is 0.0291. The monoisotopic (exact) mass is 1090 g/mol. The van der Waals surface area contributed by atoms with Gasteiger partial charge in [-0.1, -0.05) is 37.3 Å². The van der Waals surface area contributed by atoms with Crippen molar-refractivity contribution in [1.29, 1.82) is 0 Å². The van der Waals surface area contributed by atoms with Crippen molar-refractivity contribution in [1.82, 2.24) is 45.9 Å². The Bertz CT molecular complexity index is 3340. The van der Waals surface area contributed by atoms with Crippen LogP contribution in [0.25, 0.3) is 22.3 Å². The molecule has 9 amide bonds. The van der Waals surface area contributed by atoms with Gasteiger partial charge in [0.1, 0.15) is 24.5 Å². The molecule has 25 nitrogen and oxygen atoms in total. The maximum atomic E-state index is 15.7. The molecular formula is C53H55FN10O15. The number of carbonyl (C=O) groups excluding carboxylic acids is 10. The molecule has 0 saturated carbocycles. The zero-order valence-corrected chi connectivity index (χ0v) is 42.8. The zero-order valence-electron chi connectivity index (χ0n) is 42.8. The Labute approximate surface area is 448 Å².